The van der Waals surface area contributed by atoms with Gasteiger partial charge < -0.3 is 15.7 Å². The highest BCUT2D eigenvalue weighted by atomic mass is 16.3. The average molecular weight is 152 g/mol. The van der Waals surface area contributed by atoms with Gasteiger partial charge >= 0.3 is 0 Å². The van der Waals surface area contributed by atoms with Crippen LogP contribution in [-0.4, -0.2) is 19.2 Å². The van der Waals surface area contributed by atoms with Crippen molar-refractivity contribution in [2.45, 2.75) is 0 Å². The van der Waals surface area contributed by atoms with Crippen LogP contribution in [0.25, 0.3) is 0 Å². The molecule has 0 aromatic heterocycles. The minimum atomic E-state index is 0.218. The van der Waals surface area contributed by atoms with Gasteiger partial charge in [-0.1, -0.05) is 6.07 Å². The largest absolute Gasteiger partial charge is 0.506 e. The smallest absolute Gasteiger partial charge is 0.140 e. The van der Waals surface area contributed by atoms with Crippen LogP contribution < -0.4 is 10.6 Å². The molecule has 3 N–H and O–H groups in total. The van der Waals surface area contributed by atoms with Gasteiger partial charge in [0.05, 0.1) is 5.69 Å². The number of hydrogen-bond donors (Lipinski definition) is 2. The van der Waals surface area contributed by atoms with Gasteiger partial charge in [-0.3, -0.25) is 0 Å². The Kier molecular flexibility index (Phi) is 1.89. The summed E-state index contributed by atoms with van der Waals surface area (Å²) >= 11 is 0. The molecule has 0 saturated heterocycles. The molecule has 0 unspecified atom stereocenters. The van der Waals surface area contributed by atoms with E-state index in [1.807, 2.05) is 14.1 Å². The highest BCUT2D eigenvalue weighted by Crippen LogP contribution is 2.30. The highest BCUT2D eigenvalue weighted by molar-refractivity contribution is 5.73. The summed E-state index contributed by atoms with van der Waals surface area (Å²) in [5, 5.41) is 9.34. The van der Waals surface area contributed by atoms with E-state index < -0.39 is 0 Å². The molecule has 0 spiro atoms. The molecular weight excluding hydrogens is 140 g/mol. The quantitative estimate of drug-likeness (QED) is 0.591. The number of nitrogens with two attached hydrogens (primary N) is 1. The Morgan fingerprint density at radius 1 is 1.36 bits per heavy atom. The zero-order chi connectivity index (χ0) is 8.43. The standard InChI is InChI=1S/C8H12N2O/c1-10(2)8-6(9)4-3-5-7(8)11/h3-5,11H,9H2,1-2H3. The fourth-order valence-electron chi connectivity index (χ4n) is 1.04. The first kappa shape index (κ1) is 7.72. The van der Waals surface area contributed by atoms with Crippen LogP contribution in [0, 0.1) is 0 Å². The van der Waals surface area contributed by atoms with Crippen molar-refractivity contribution in [3.63, 3.8) is 0 Å². The third kappa shape index (κ3) is 1.37. The molecule has 11 heavy (non-hydrogen) atoms. The Labute approximate surface area is 66.1 Å². The normalized spacial score (nSPS) is 9.64. The fraction of sp³-hybridized carbons (Fsp3) is 0.250. The molecule has 0 aliphatic rings. The molecule has 60 valence electrons. The monoisotopic (exact) mass is 152 g/mol. The molecule has 0 atom stereocenters. The first-order valence-corrected chi connectivity index (χ1v) is 3.37. The maximum Gasteiger partial charge on any atom is 0.140 e. The van der Waals surface area contributed by atoms with Crippen LogP contribution in [0.1, 0.15) is 0 Å². The Hall–Kier alpha value is -1.38. The molecule has 0 amide bonds. The highest BCUT2D eigenvalue weighted by Gasteiger charge is 2.05. The Morgan fingerprint density at radius 2 is 2.00 bits per heavy atom. The van der Waals surface area contributed by atoms with Crippen molar-refractivity contribution in [3.8, 4) is 5.75 Å². The van der Waals surface area contributed by atoms with Crippen LogP contribution in [0.2, 0.25) is 0 Å². The van der Waals surface area contributed by atoms with Gasteiger partial charge in [0.1, 0.15) is 11.4 Å². The number of benzene rings is 1. The van der Waals surface area contributed by atoms with E-state index in [4.69, 9.17) is 5.73 Å². The minimum absolute atomic E-state index is 0.218. The van der Waals surface area contributed by atoms with Gasteiger partial charge in [-0.05, 0) is 12.1 Å². The second-order valence-electron chi connectivity index (χ2n) is 2.61. The van der Waals surface area contributed by atoms with E-state index in [2.05, 4.69) is 0 Å². The lowest BCUT2D eigenvalue weighted by Gasteiger charge is -2.15. The van der Waals surface area contributed by atoms with E-state index in [-0.39, 0.29) is 5.75 Å². The number of nitrogen functional groups attached to an aromatic ring is 1. The molecule has 0 aliphatic carbocycles. The summed E-state index contributed by atoms with van der Waals surface area (Å²) in [6.07, 6.45) is 0. The Bertz CT molecular complexity index is 238. The second kappa shape index (κ2) is 2.70. The molecular formula is C8H12N2O. The van der Waals surface area contributed by atoms with Crippen molar-refractivity contribution in [3.05, 3.63) is 18.2 Å². The number of anilines is 2. The van der Waals surface area contributed by atoms with Crippen LogP contribution in [0.4, 0.5) is 11.4 Å². The van der Waals surface area contributed by atoms with Crippen molar-refractivity contribution in [1.82, 2.24) is 0 Å². The van der Waals surface area contributed by atoms with E-state index >= 15 is 0 Å². The zero-order valence-corrected chi connectivity index (χ0v) is 6.70. The molecule has 0 radical (unpaired) electrons. The molecule has 3 nitrogen and oxygen atoms in total. The van der Waals surface area contributed by atoms with Gasteiger partial charge in [0.2, 0.25) is 0 Å². The van der Waals surface area contributed by atoms with Crippen molar-refractivity contribution < 1.29 is 5.11 Å². The number of para-hydroxylation sites is 1. The van der Waals surface area contributed by atoms with Gasteiger partial charge in [0, 0.05) is 14.1 Å². The summed E-state index contributed by atoms with van der Waals surface area (Å²) < 4.78 is 0. The van der Waals surface area contributed by atoms with Crippen molar-refractivity contribution in [1.29, 1.82) is 0 Å². The third-order valence-corrected chi connectivity index (χ3v) is 1.49. The second-order valence-corrected chi connectivity index (χ2v) is 2.61. The first-order chi connectivity index (χ1) is 5.13. The molecule has 0 heterocycles. The van der Waals surface area contributed by atoms with E-state index in [1.54, 1.807) is 23.1 Å². The number of rotatable bonds is 1. The summed E-state index contributed by atoms with van der Waals surface area (Å²) in [6, 6.07) is 5.10. The van der Waals surface area contributed by atoms with Crippen molar-refractivity contribution in [2.24, 2.45) is 0 Å². The lowest BCUT2D eigenvalue weighted by atomic mass is 10.2. The van der Waals surface area contributed by atoms with Crippen LogP contribution in [0.15, 0.2) is 18.2 Å². The Morgan fingerprint density at radius 3 is 2.36 bits per heavy atom. The van der Waals surface area contributed by atoms with Gasteiger partial charge in [-0.25, -0.2) is 0 Å². The number of phenols is 1. The van der Waals surface area contributed by atoms with Gasteiger partial charge in [0.25, 0.3) is 0 Å². The maximum atomic E-state index is 9.34. The van der Waals surface area contributed by atoms with E-state index in [1.165, 1.54) is 0 Å². The predicted octanol–water partition coefficient (Wildman–Crippen LogP) is 1.04. The van der Waals surface area contributed by atoms with Gasteiger partial charge in [-0.15, -0.1) is 0 Å². The number of phenolic OH excluding ortho intramolecular Hbond substituents is 1. The third-order valence-electron chi connectivity index (χ3n) is 1.49. The van der Waals surface area contributed by atoms with E-state index in [9.17, 15) is 5.11 Å². The SMILES string of the molecule is CN(C)c1c(N)cccc1O. The first-order valence-electron chi connectivity index (χ1n) is 3.37. The van der Waals surface area contributed by atoms with Crippen LogP contribution in [-0.2, 0) is 0 Å². The average Bonchev–Trinajstić information content (AvgIpc) is 1.85. The lowest BCUT2D eigenvalue weighted by molar-refractivity contribution is 0.476. The molecule has 0 saturated carbocycles. The van der Waals surface area contributed by atoms with Crippen LogP contribution >= 0.6 is 0 Å². The summed E-state index contributed by atoms with van der Waals surface area (Å²) in [7, 11) is 3.68. The van der Waals surface area contributed by atoms with E-state index in [0.717, 1.165) is 0 Å². The fourth-order valence-corrected chi connectivity index (χ4v) is 1.04. The topological polar surface area (TPSA) is 49.5 Å². The number of hydrogen-bond acceptors (Lipinski definition) is 3. The molecule has 0 aliphatic heterocycles. The molecule has 1 aromatic rings. The van der Waals surface area contributed by atoms with E-state index in [0.29, 0.717) is 11.4 Å². The van der Waals surface area contributed by atoms with Crippen molar-refractivity contribution >= 4 is 11.4 Å². The predicted molar refractivity (Wildman–Crippen MR) is 46.8 cm³/mol. The summed E-state index contributed by atoms with van der Waals surface area (Å²) in [5.74, 6) is 0.218. The number of aromatic hydroxyl groups is 1. The summed E-state index contributed by atoms with van der Waals surface area (Å²) in [5.41, 5.74) is 6.89. The molecule has 1 aromatic carbocycles. The van der Waals surface area contributed by atoms with Crippen molar-refractivity contribution in [2.75, 3.05) is 24.7 Å². The summed E-state index contributed by atoms with van der Waals surface area (Å²) in [6.45, 7) is 0. The van der Waals surface area contributed by atoms with Crippen LogP contribution in [0.3, 0.4) is 0 Å². The zero-order valence-electron chi connectivity index (χ0n) is 6.70. The lowest BCUT2D eigenvalue weighted by Crippen LogP contribution is -2.10. The minimum Gasteiger partial charge on any atom is -0.506 e. The summed E-state index contributed by atoms with van der Waals surface area (Å²) in [4.78, 5) is 1.78. The maximum absolute atomic E-state index is 9.34. The van der Waals surface area contributed by atoms with Gasteiger partial charge in [0.15, 0.2) is 0 Å². The molecule has 3 heteroatoms. The molecule has 1 rings (SSSR count). The van der Waals surface area contributed by atoms with Gasteiger partial charge in [-0.2, -0.15) is 0 Å². The Balaban J connectivity index is 3.21. The van der Waals surface area contributed by atoms with Crippen LogP contribution in [0.5, 0.6) is 5.75 Å². The number of nitrogens with zero attached hydrogens (tertiary/aromatic N) is 1. The molecule has 0 bridgehead atoms. The molecule has 0 fully saturated rings.